The molecule has 7 heteroatoms. The molecule has 162 valence electrons. The van der Waals surface area contributed by atoms with E-state index in [0.29, 0.717) is 29.8 Å². The lowest BCUT2D eigenvalue weighted by Gasteiger charge is -2.26. The van der Waals surface area contributed by atoms with Gasteiger partial charge in [-0.1, -0.05) is 43.0 Å². The topological polar surface area (TPSA) is 83.1 Å². The Kier molecular flexibility index (Phi) is 6.96. The van der Waals surface area contributed by atoms with Crippen LogP contribution in [0.25, 0.3) is 11.0 Å². The number of benzene rings is 2. The first-order valence-electron chi connectivity index (χ1n) is 10.8. The Morgan fingerprint density at radius 1 is 1.19 bits per heavy atom. The molecule has 1 unspecified atom stereocenters. The zero-order valence-corrected chi connectivity index (χ0v) is 18.2. The van der Waals surface area contributed by atoms with Crippen LogP contribution in [-0.4, -0.2) is 33.9 Å². The first kappa shape index (κ1) is 21.5. The normalized spacial score (nSPS) is 15.5. The smallest absolute Gasteiger partial charge is 0.204 e. The van der Waals surface area contributed by atoms with Crippen LogP contribution in [-0.2, 0) is 6.42 Å². The first-order chi connectivity index (χ1) is 15.1. The van der Waals surface area contributed by atoms with Crippen molar-refractivity contribution in [1.29, 1.82) is 5.26 Å². The molecule has 0 radical (unpaired) electrons. The quantitative estimate of drug-likeness (QED) is 0.510. The largest absolute Gasteiger partial charge is 0.491 e. The third kappa shape index (κ3) is 5.30. The molecule has 1 aliphatic carbocycles. The van der Waals surface area contributed by atoms with Gasteiger partial charge in [-0.05, 0) is 48.7 Å². The van der Waals surface area contributed by atoms with Crippen LogP contribution < -0.4 is 10.1 Å². The maximum atomic E-state index is 10.4. The number of nitriles is 1. The minimum absolute atomic E-state index is 0.167. The van der Waals surface area contributed by atoms with Crippen molar-refractivity contribution in [2.24, 2.45) is 0 Å². The van der Waals surface area contributed by atoms with Gasteiger partial charge in [-0.15, -0.1) is 0 Å². The fourth-order valence-corrected chi connectivity index (χ4v) is 4.32. The van der Waals surface area contributed by atoms with Crippen molar-refractivity contribution in [3.63, 3.8) is 0 Å². The fourth-order valence-electron chi connectivity index (χ4n) is 4.15. The van der Waals surface area contributed by atoms with Gasteiger partial charge in [0.15, 0.2) is 0 Å². The standard InChI is InChI=1S/C24H27ClN4O2/c25-18-8-11-22-23(14-18)29(19-4-2-1-3-5-19)24(28-22)27-15-20(30)16-31-21-9-6-17(7-10-21)12-13-26/h6-11,14,19-20,30H,1-5,12,15-16H2,(H,27,28). The third-order valence-corrected chi connectivity index (χ3v) is 5.97. The summed E-state index contributed by atoms with van der Waals surface area (Å²) in [5.74, 6) is 1.44. The van der Waals surface area contributed by atoms with E-state index in [1.54, 1.807) is 0 Å². The van der Waals surface area contributed by atoms with Crippen molar-refractivity contribution in [1.82, 2.24) is 9.55 Å². The van der Waals surface area contributed by atoms with E-state index in [2.05, 4.69) is 16.0 Å². The Hall–Kier alpha value is -2.75. The van der Waals surface area contributed by atoms with Gasteiger partial charge in [-0.2, -0.15) is 5.26 Å². The van der Waals surface area contributed by atoms with Crippen LogP contribution in [0.15, 0.2) is 42.5 Å². The summed E-state index contributed by atoms with van der Waals surface area (Å²) in [5, 5.41) is 23.2. The van der Waals surface area contributed by atoms with Gasteiger partial charge in [0, 0.05) is 17.6 Å². The summed E-state index contributed by atoms with van der Waals surface area (Å²) in [6.07, 6.45) is 5.64. The number of ether oxygens (including phenoxy) is 1. The predicted octanol–water partition coefficient (Wildman–Crippen LogP) is 5.11. The molecule has 6 nitrogen and oxygen atoms in total. The summed E-state index contributed by atoms with van der Waals surface area (Å²) in [4.78, 5) is 4.76. The maximum absolute atomic E-state index is 10.4. The van der Waals surface area contributed by atoms with Gasteiger partial charge >= 0.3 is 0 Å². The highest BCUT2D eigenvalue weighted by molar-refractivity contribution is 6.31. The average molecular weight is 439 g/mol. The fraction of sp³-hybridized carbons (Fsp3) is 0.417. The summed E-state index contributed by atoms with van der Waals surface area (Å²) >= 11 is 6.26. The van der Waals surface area contributed by atoms with Crippen LogP contribution >= 0.6 is 11.6 Å². The van der Waals surface area contributed by atoms with Crippen molar-refractivity contribution >= 4 is 28.6 Å². The zero-order chi connectivity index (χ0) is 21.6. The van der Waals surface area contributed by atoms with E-state index >= 15 is 0 Å². The Bertz CT molecular complexity index is 1050. The highest BCUT2D eigenvalue weighted by Gasteiger charge is 2.22. The minimum atomic E-state index is -0.693. The lowest BCUT2D eigenvalue weighted by molar-refractivity contribution is 0.117. The number of fused-ring (bicyclic) bond motifs is 1. The molecule has 0 saturated heterocycles. The van der Waals surface area contributed by atoms with E-state index in [-0.39, 0.29) is 6.61 Å². The van der Waals surface area contributed by atoms with Crippen LogP contribution in [0.1, 0.15) is 43.7 Å². The van der Waals surface area contributed by atoms with E-state index in [4.69, 9.17) is 26.6 Å². The molecule has 1 heterocycles. The molecule has 0 bridgehead atoms. The van der Waals surface area contributed by atoms with Gasteiger partial charge in [-0.25, -0.2) is 4.98 Å². The maximum Gasteiger partial charge on any atom is 0.204 e. The van der Waals surface area contributed by atoms with Crippen LogP contribution in [0.3, 0.4) is 0 Å². The number of anilines is 1. The monoisotopic (exact) mass is 438 g/mol. The molecule has 4 rings (SSSR count). The molecule has 2 aromatic carbocycles. The SMILES string of the molecule is N#CCc1ccc(OCC(O)CNc2nc3ccc(Cl)cc3n2C2CCCCC2)cc1. The highest BCUT2D eigenvalue weighted by Crippen LogP contribution is 2.35. The molecule has 0 amide bonds. The number of nitrogens with zero attached hydrogens (tertiary/aromatic N) is 3. The number of hydrogen-bond acceptors (Lipinski definition) is 5. The van der Waals surface area contributed by atoms with Crippen LogP contribution in [0.4, 0.5) is 5.95 Å². The van der Waals surface area contributed by atoms with Crippen LogP contribution in [0, 0.1) is 11.3 Å². The molecule has 2 N–H and O–H groups in total. The Labute approximate surface area is 187 Å². The molecule has 1 saturated carbocycles. The average Bonchev–Trinajstić information content (AvgIpc) is 3.15. The molecule has 1 aromatic heterocycles. The Morgan fingerprint density at radius 2 is 1.97 bits per heavy atom. The van der Waals surface area contributed by atoms with Crippen LogP contribution in [0.5, 0.6) is 5.75 Å². The third-order valence-electron chi connectivity index (χ3n) is 5.74. The van der Waals surface area contributed by atoms with Crippen molar-refractivity contribution in [2.75, 3.05) is 18.5 Å². The zero-order valence-electron chi connectivity index (χ0n) is 17.4. The number of imidazole rings is 1. The minimum Gasteiger partial charge on any atom is -0.491 e. The van der Waals surface area contributed by atoms with E-state index < -0.39 is 6.10 Å². The van der Waals surface area contributed by atoms with Crippen molar-refractivity contribution < 1.29 is 9.84 Å². The molecule has 3 aromatic rings. The molecular weight excluding hydrogens is 412 g/mol. The second-order valence-electron chi connectivity index (χ2n) is 8.05. The highest BCUT2D eigenvalue weighted by atomic mass is 35.5. The lowest BCUT2D eigenvalue weighted by atomic mass is 9.95. The van der Waals surface area contributed by atoms with Crippen molar-refractivity contribution in [3.05, 3.63) is 53.1 Å². The summed E-state index contributed by atoms with van der Waals surface area (Å²) in [5.41, 5.74) is 2.88. The van der Waals surface area contributed by atoms with E-state index in [0.717, 1.165) is 35.4 Å². The summed E-state index contributed by atoms with van der Waals surface area (Å²) < 4.78 is 7.94. The van der Waals surface area contributed by atoms with Gasteiger partial charge in [0.25, 0.3) is 0 Å². The lowest BCUT2D eigenvalue weighted by Crippen LogP contribution is -2.28. The summed E-state index contributed by atoms with van der Waals surface area (Å²) in [6, 6.07) is 15.6. The van der Waals surface area contributed by atoms with Gasteiger partial charge in [-0.3, -0.25) is 0 Å². The number of hydrogen-bond donors (Lipinski definition) is 2. The molecular formula is C24H27ClN4O2. The number of aromatic nitrogens is 2. The van der Waals surface area contributed by atoms with Crippen molar-refractivity contribution in [3.8, 4) is 11.8 Å². The Balaban J connectivity index is 1.41. The molecule has 1 aliphatic rings. The molecule has 0 aliphatic heterocycles. The number of aliphatic hydroxyl groups is 1. The van der Waals surface area contributed by atoms with Gasteiger partial charge in [0.1, 0.15) is 18.5 Å². The van der Waals surface area contributed by atoms with E-state index in [1.165, 1.54) is 19.3 Å². The van der Waals surface area contributed by atoms with Crippen LogP contribution in [0.2, 0.25) is 5.02 Å². The number of nitrogens with one attached hydrogen (secondary N) is 1. The summed E-state index contributed by atoms with van der Waals surface area (Å²) in [6.45, 7) is 0.496. The van der Waals surface area contributed by atoms with E-state index in [1.807, 2.05) is 42.5 Å². The van der Waals surface area contributed by atoms with Gasteiger partial charge < -0.3 is 19.7 Å². The number of halogens is 1. The summed E-state index contributed by atoms with van der Waals surface area (Å²) in [7, 11) is 0. The van der Waals surface area contributed by atoms with E-state index in [9.17, 15) is 5.11 Å². The molecule has 0 spiro atoms. The molecule has 1 fully saturated rings. The molecule has 31 heavy (non-hydrogen) atoms. The molecule has 1 atom stereocenters. The van der Waals surface area contributed by atoms with Crippen molar-refractivity contribution in [2.45, 2.75) is 50.7 Å². The van der Waals surface area contributed by atoms with Gasteiger partial charge in [0.2, 0.25) is 5.95 Å². The Morgan fingerprint density at radius 3 is 2.71 bits per heavy atom. The first-order valence-corrected chi connectivity index (χ1v) is 11.2. The number of aliphatic hydroxyl groups excluding tert-OH is 1. The number of rotatable bonds is 8. The van der Waals surface area contributed by atoms with Gasteiger partial charge in [0.05, 0.1) is 23.5 Å². The predicted molar refractivity (Wildman–Crippen MR) is 123 cm³/mol. The second-order valence-corrected chi connectivity index (χ2v) is 8.49. The second kappa shape index (κ2) is 10.0.